The Morgan fingerprint density at radius 1 is 1.71 bits per heavy atom. The Bertz CT molecular complexity index is 350. The molecule has 1 aliphatic rings. The maximum absolute atomic E-state index is 10.7. The minimum atomic E-state index is -0.768. The summed E-state index contributed by atoms with van der Waals surface area (Å²) in [6.45, 7) is 1.11. The van der Waals surface area contributed by atoms with Gasteiger partial charge in [-0.25, -0.2) is 5.10 Å². The summed E-state index contributed by atoms with van der Waals surface area (Å²) < 4.78 is 0. The fourth-order valence-electron chi connectivity index (χ4n) is 1.55. The first-order valence-corrected chi connectivity index (χ1v) is 4.32. The molecule has 0 radical (unpaired) electrons. The monoisotopic (exact) mass is 197 g/mol. The molecule has 0 spiro atoms. The first-order valence-electron chi connectivity index (χ1n) is 4.32. The Morgan fingerprint density at radius 3 is 3.00 bits per heavy atom. The number of H-pyrrole nitrogens is 1. The number of nitrogen functional groups attached to an aromatic ring is 1. The third-order valence-electron chi connectivity index (χ3n) is 2.31. The van der Waals surface area contributed by atoms with Crippen LogP contribution in [0.2, 0.25) is 0 Å². The van der Waals surface area contributed by atoms with Gasteiger partial charge in [-0.2, -0.15) is 4.98 Å². The number of hydrogen-bond acceptors (Lipinski definition) is 5. The van der Waals surface area contributed by atoms with Gasteiger partial charge in [0.05, 0.1) is 5.92 Å². The minimum Gasteiger partial charge on any atom is -0.481 e. The van der Waals surface area contributed by atoms with Crippen LogP contribution in [0.5, 0.6) is 0 Å². The molecule has 1 saturated heterocycles. The van der Waals surface area contributed by atoms with Crippen molar-refractivity contribution in [1.82, 2.24) is 15.2 Å². The first kappa shape index (κ1) is 8.79. The number of aromatic nitrogens is 3. The molecule has 0 aliphatic carbocycles. The van der Waals surface area contributed by atoms with Crippen LogP contribution in [0.25, 0.3) is 0 Å². The summed E-state index contributed by atoms with van der Waals surface area (Å²) in [6.07, 6.45) is 0.629. The second-order valence-electron chi connectivity index (χ2n) is 3.29. The van der Waals surface area contributed by atoms with Gasteiger partial charge in [-0.15, -0.1) is 5.10 Å². The molecule has 1 fully saturated rings. The number of aromatic amines is 1. The molecule has 7 nitrogen and oxygen atoms in total. The molecule has 14 heavy (non-hydrogen) atoms. The summed E-state index contributed by atoms with van der Waals surface area (Å²) in [5, 5.41) is 15.2. The van der Waals surface area contributed by atoms with Crippen LogP contribution < -0.4 is 10.6 Å². The summed E-state index contributed by atoms with van der Waals surface area (Å²) in [7, 11) is 0. The van der Waals surface area contributed by atoms with E-state index in [1.54, 1.807) is 0 Å². The second-order valence-corrected chi connectivity index (χ2v) is 3.29. The topological polar surface area (TPSA) is 108 Å². The van der Waals surface area contributed by atoms with Crippen molar-refractivity contribution in [3.8, 4) is 0 Å². The van der Waals surface area contributed by atoms with E-state index < -0.39 is 5.97 Å². The highest BCUT2D eigenvalue weighted by Gasteiger charge is 2.29. The number of nitrogens with zero attached hydrogens (tertiary/aromatic N) is 3. The number of nitrogens with two attached hydrogens (primary N) is 1. The molecule has 0 aromatic carbocycles. The van der Waals surface area contributed by atoms with Gasteiger partial charge in [0.15, 0.2) is 0 Å². The van der Waals surface area contributed by atoms with Crippen LogP contribution in [0.15, 0.2) is 0 Å². The molecule has 0 amide bonds. The number of carbonyl (C=O) groups is 1. The van der Waals surface area contributed by atoms with E-state index in [0.29, 0.717) is 25.5 Å². The van der Waals surface area contributed by atoms with Crippen LogP contribution in [0.1, 0.15) is 6.42 Å². The van der Waals surface area contributed by atoms with E-state index in [2.05, 4.69) is 15.2 Å². The molecule has 0 bridgehead atoms. The van der Waals surface area contributed by atoms with Crippen LogP contribution >= 0.6 is 0 Å². The van der Waals surface area contributed by atoms with Crippen molar-refractivity contribution in [3.63, 3.8) is 0 Å². The number of hydrogen-bond donors (Lipinski definition) is 3. The average molecular weight is 197 g/mol. The standard InChI is InChI=1S/C7H11N5O2/c8-6-9-7(11-10-6)12-2-1-4(3-12)5(13)14/h4H,1-3H2,(H,13,14)(H3,8,9,10,11)/t4-/m0/s1. The van der Waals surface area contributed by atoms with Crippen molar-refractivity contribution >= 4 is 17.9 Å². The van der Waals surface area contributed by atoms with Gasteiger partial charge in [-0.1, -0.05) is 0 Å². The minimum absolute atomic E-state index is 0.249. The molecule has 0 unspecified atom stereocenters. The van der Waals surface area contributed by atoms with E-state index in [9.17, 15) is 4.79 Å². The maximum Gasteiger partial charge on any atom is 0.308 e. The molecule has 1 aliphatic heterocycles. The molecule has 1 atom stereocenters. The Morgan fingerprint density at radius 2 is 2.50 bits per heavy atom. The molecule has 1 aromatic rings. The number of aliphatic carboxylic acids is 1. The smallest absolute Gasteiger partial charge is 0.308 e. The predicted octanol–water partition coefficient (Wildman–Crippen LogP) is -0.702. The SMILES string of the molecule is Nc1nc(N2CC[C@H](C(=O)O)C2)n[nH]1. The Hall–Kier alpha value is -1.79. The van der Waals surface area contributed by atoms with Gasteiger partial charge in [0.2, 0.25) is 11.9 Å². The number of nitrogens with one attached hydrogen (secondary N) is 1. The van der Waals surface area contributed by atoms with E-state index in [4.69, 9.17) is 10.8 Å². The van der Waals surface area contributed by atoms with Gasteiger partial charge in [-0.3, -0.25) is 4.79 Å². The number of carboxylic acid groups (broad SMARTS) is 1. The van der Waals surface area contributed by atoms with Gasteiger partial charge in [-0.05, 0) is 6.42 Å². The zero-order chi connectivity index (χ0) is 10.1. The van der Waals surface area contributed by atoms with Crippen LogP contribution in [0.4, 0.5) is 11.9 Å². The molecule has 2 heterocycles. The lowest BCUT2D eigenvalue weighted by Gasteiger charge is -2.11. The Labute approximate surface area is 79.9 Å². The highest BCUT2D eigenvalue weighted by molar-refractivity contribution is 5.71. The second kappa shape index (κ2) is 3.17. The summed E-state index contributed by atoms with van der Waals surface area (Å²) in [6, 6.07) is 0. The largest absolute Gasteiger partial charge is 0.481 e. The summed E-state index contributed by atoms with van der Waals surface area (Å²) in [4.78, 5) is 16.4. The molecule has 4 N–H and O–H groups in total. The third kappa shape index (κ3) is 1.48. The number of carboxylic acids is 1. The number of rotatable bonds is 2. The van der Waals surface area contributed by atoms with E-state index in [1.807, 2.05) is 4.90 Å². The van der Waals surface area contributed by atoms with Crippen molar-refractivity contribution in [2.75, 3.05) is 23.7 Å². The molecule has 7 heteroatoms. The molecular formula is C7H11N5O2. The molecule has 1 aromatic heterocycles. The van der Waals surface area contributed by atoms with Crippen molar-refractivity contribution < 1.29 is 9.90 Å². The van der Waals surface area contributed by atoms with E-state index in [0.717, 1.165) is 0 Å². The Balaban J connectivity index is 2.05. The van der Waals surface area contributed by atoms with Crippen molar-refractivity contribution in [1.29, 1.82) is 0 Å². The fourth-order valence-corrected chi connectivity index (χ4v) is 1.55. The highest BCUT2D eigenvalue weighted by Crippen LogP contribution is 2.20. The highest BCUT2D eigenvalue weighted by atomic mass is 16.4. The third-order valence-corrected chi connectivity index (χ3v) is 2.31. The van der Waals surface area contributed by atoms with Gasteiger partial charge < -0.3 is 15.7 Å². The Kier molecular flexibility index (Phi) is 1.99. The van der Waals surface area contributed by atoms with Crippen LogP contribution in [-0.4, -0.2) is 39.3 Å². The quantitative estimate of drug-likeness (QED) is 0.578. The van der Waals surface area contributed by atoms with E-state index >= 15 is 0 Å². The first-order chi connectivity index (χ1) is 6.66. The summed E-state index contributed by atoms with van der Waals surface area (Å²) in [5.41, 5.74) is 5.37. The lowest BCUT2D eigenvalue weighted by atomic mass is 10.1. The zero-order valence-electron chi connectivity index (χ0n) is 7.47. The zero-order valence-corrected chi connectivity index (χ0v) is 7.47. The van der Waals surface area contributed by atoms with E-state index in [1.165, 1.54) is 0 Å². The van der Waals surface area contributed by atoms with Gasteiger partial charge in [0.25, 0.3) is 0 Å². The predicted molar refractivity (Wildman–Crippen MR) is 48.8 cm³/mol. The maximum atomic E-state index is 10.7. The van der Waals surface area contributed by atoms with Crippen molar-refractivity contribution in [2.45, 2.75) is 6.42 Å². The van der Waals surface area contributed by atoms with Gasteiger partial charge in [0.1, 0.15) is 0 Å². The summed E-state index contributed by atoms with van der Waals surface area (Å²) >= 11 is 0. The van der Waals surface area contributed by atoms with Crippen LogP contribution in [0.3, 0.4) is 0 Å². The van der Waals surface area contributed by atoms with Gasteiger partial charge in [0, 0.05) is 13.1 Å². The molecule has 2 rings (SSSR count). The van der Waals surface area contributed by atoms with E-state index in [-0.39, 0.29) is 11.9 Å². The molecule has 76 valence electrons. The lowest BCUT2D eigenvalue weighted by Crippen LogP contribution is -2.23. The normalized spacial score (nSPS) is 21.4. The summed E-state index contributed by atoms with van der Waals surface area (Å²) in [5.74, 6) is -0.365. The molecular weight excluding hydrogens is 186 g/mol. The molecule has 0 saturated carbocycles. The average Bonchev–Trinajstić information content (AvgIpc) is 2.70. The fraction of sp³-hybridized carbons (Fsp3) is 0.571. The van der Waals surface area contributed by atoms with Crippen LogP contribution in [0, 0.1) is 5.92 Å². The number of anilines is 2. The van der Waals surface area contributed by atoms with Gasteiger partial charge >= 0.3 is 5.97 Å². The lowest BCUT2D eigenvalue weighted by molar-refractivity contribution is -0.140. The van der Waals surface area contributed by atoms with Crippen molar-refractivity contribution in [3.05, 3.63) is 0 Å². The van der Waals surface area contributed by atoms with Crippen LogP contribution in [-0.2, 0) is 4.79 Å². The van der Waals surface area contributed by atoms with Crippen molar-refractivity contribution in [2.24, 2.45) is 5.92 Å².